The lowest BCUT2D eigenvalue weighted by Gasteiger charge is -2.34. The Morgan fingerprint density at radius 1 is 0.541 bits per heavy atom. The second-order valence-electron chi connectivity index (χ2n) is 17.4. The van der Waals surface area contributed by atoms with Crippen LogP contribution in [0.1, 0.15) is 59.3 Å². The number of rotatable bonds is 7. The van der Waals surface area contributed by atoms with Gasteiger partial charge in [-0.15, -0.1) is 0 Å². The van der Waals surface area contributed by atoms with Crippen molar-refractivity contribution in [3.05, 3.63) is 227 Å². The van der Waals surface area contributed by atoms with Gasteiger partial charge in [-0.1, -0.05) is 153 Å². The summed E-state index contributed by atoms with van der Waals surface area (Å²) in [6.45, 7) is 4.59. The minimum Gasteiger partial charge on any atom is -0.313 e. The quantitative estimate of drug-likeness (QED) is 0.158. The molecule has 0 radical (unpaired) electrons. The standard InChI is InChI=1S/C58H45N3/c1-38(2)31-39-27-29-42(30-28-39)58(52-21-9-3-15-46(52)47-16-4-10-22-53(47)58)43-32-41(36-59-37-43)40-33-44(60-54-23-11-5-17-48(54)49-18-6-12-24-55(49)60)35-45(34-40)61-56-25-13-7-19-50(56)51-20-8-14-26-57(51)61/h3-13,15-25,27-30,32-38H,14,26,31H2,1-2H3. The van der Waals surface area contributed by atoms with Gasteiger partial charge in [-0.25, -0.2) is 0 Å². The first-order valence-electron chi connectivity index (χ1n) is 21.8. The summed E-state index contributed by atoms with van der Waals surface area (Å²) in [4.78, 5) is 5.16. The van der Waals surface area contributed by atoms with Crippen LogP contribution >= 0.6 is 0 Å². The Morgan fingerprint density at radius 2 is 1.11 bits per heavy atom. The molecule has 0 saturated carbocycles. The molecular weight excluding hydrogens is 739 g/mol. The van der Waals surface area contributed by atoms with Crippen LogP contribution in [0.2, 0.25) is 0 Å². The van der Waals surface area contributed by atoms with Crippen molar-refractivity contribution in [3.8, 4) is 33.6 Å². The molecule has 3 heteroatoms. The predicted molar refractivity (Wildman–Crippen MR) is 254 cm³/mol. The normalized spacial score (nSPS) is 13.9. The molecule has 0 amide bonds. The molecule has 0 bridgehead atoms. The van der Waals surface area contributed by atoms with E-state index < -0.39 is 5.41 Å². The Balaban J connectivity index is 1.13. The molecule has 2 aliphatic rings. The van der Waals surface area contributed by atoms with E-state index in [9.17, 15) is 0 Å². The van der Waals surface area contributed by atoms with Crippen LogP contribution in [0.4, 0.5) is 0 Å². The lowest BCUT2D eigenvalue weighted by Crippen LogP contribution is -2.29. The zero-order valence-corrected chi connectivity index (χ0v) is 34.5. The minimum absolute atomic E-state index is 0.554. The van der Waals surface area contributed by atoms with Crippen LogP contribution in [0.3, 0.4) is 0 Å². The fraction of sp³-hybridized carbons (Fsp3) is 0.121. The number of benzene rings is 7. The van der Waals surface area contributed by atoms with Gasteiger partial charge in [0.25, 0.3) is 0 Å². The van der Waals surface area contributed by atoms with Gasteiger partial charge in [0, 0.05) is 56.7 Å². The second kappa shape index (κ2) is 13.9. The number of para-hydroxylation sites is 3. The number of nitrogens with zero attached hydrogens (tertiary/aromatic N) is 3. The fourth-order valence-corrected chi connectivity index (χ4v) is 10.9. The highest BCUT2D eigenvalue weighted by Gasteiger charge is 2.46. The predicted octanol–water partition coefficient (Wildman–Crippen LogP) is 14.3. The molecule has 0 unspecified atom stereocenters. The van der Waals surface area contributed by atoms with E-state index >= 15 is 0 Å². The maximum Gasteiger partial charge on any atom is 0.0728 e. The Kier molecular flexibility index (Phi) is 8.15. The van der Waals surface area contributed by atoms with Crippen LogP contribution in [0, 0.1) is 5.92 Å². The van der Waals surface area contributed by atoms with Crippen LogP contribution in [0.25, 0.3) is 72.4 Å². The van der Waals surface area contributed by atoms with Gasteiger partial charge in [0.05, 0.1) is 22.0 Å². The van der Waals surface area contributed by atoms with Gasteiger partial charge in [-0.3, -0.25) is 4.98 Å². The Morgan fingerprint density at radius 3 is 1.77 bits per heavy atom. The van der Waals surface area contributed by atoms with Gasteiger partial charge in [-0.05, 0) is 112 Å². The lowest BCUT2D eigenvalue weighted by atomic mass is 9.67. The SMILES string of the molecule is CC(C)Cc1ccc(C2(c3cncc(-c4cc(-n5c6c(c7ccccc75)C=CCC6)cc(-n5c6ccccc6c6ccccc65)c4)c3)c3ccccc3-c3ccccc32)cc1. The molecule has 0 atom stereocenters. The number of allylic oxidation sites excluding steroid dienone is 1. The third kappa shape index (κ3) is 5.40. The Labute approximate surface area is 356 Å². The van der Waals surface area contributed by atoms with Gasteiger partial charge >= 0.3 is 0 Å². The molecule has 0 aliphatic heterocycles. The summed E-state index contributed by atoms with van der Waals surface area (Å²) in [6, 6.07) is 63.5. The van der Waals surface area contributed by atoms with Crippen LogP contribution < -0.4 is 0 Å². The van der Waals surface area contributed by atoms with Crippen molar-refractivity contribution < 1.29 is 0 Å². The maximum atomic E-state index is 5.16. The van der Waals surface area contributed by atoms with E-state index in [0.717, 1.165) is 47.3 Å². The van der Waals surface area contributed by atoms with E-state index in [1.807, 2.05) is 0 Å². The summed E-state index contributed by atoms with van der Waals surface area (Å²) in [7, 11) is 0. The highest BCUT2D eigenvalue weighted by atomic mass is 15.0. The van der Waals surface area contributed by atoms with Crippen LogP contribution in [0.5, 0.6) is 0 Å². The summed E-state index contributed by atoms with van der Waals surface area (Å²) in [6.07, 6.45) is 11.9. The molecule has 3 heterocycles. The van der Waals surface area contributed by atoms with E-state index in [0.29, 0.717) is 5.92 Å². The molecule has 2 aliphatic carbocycles. The van der Waals surface area contributed by atoms with E-state index in [4.69, 9.17) is 4.98 Å². The molecule has 3 nitrogen and oxygen atoms in total. The first kappa shape index (κ1) is 35.7. The van der Waals surface area contributed by atoms with Gasteiger partial charge in [0.2, 0.25) is 0 Å². The first-order chi connectivity index (χ1) is 30.1. The maximum absolute atomic E-state index is 5.16. The van der Waals surface area contributed by atoms with E-state index in [2.05, 4.69) is 217 Å². The van der Waals surface area contributed by atoms with Gasteiger partial charge in [0.15, 0.2) is 0 Å². The molecule has 292 valence electrons. The fourth-order valence-electron chi connectivity index (χ4n) is 10.9. The van der Waals surface area contributed by atoms with Crippen molar-refractivity contribution >= 4 is 38.8 Å². The molecule has 10 aromatic rings. The molecule has 0 fully saturated rings. The van der Waals surface area contributed by atoms with Crippen molar-refractivity contribution in [2.75, 3.05) is 0 Å². The molecule has 0 saturated heterocycles. The smallest absolute Gasteiger partial charge is 0.0728 e. The summed E-state index contributed by atoms with van der Waals surface area (Å²) in [5.41, 5.74) is 19.2. The van der Waals surface area contributed by atoms with Crippen LogP contribution in [0.15, 0.2) is 188 Å². The Bertz CT molecular complexity index is 3270. The average Bonchev–Trinajstić information content (AvgIpc) is 3.94. The largest absolute Gasteiger partial charge is 0.313 e. The molecule has 0 N–H and O–H groups in total. The van der Waals surface area contributed by atoms with Crippen molar-refractivity contribution in [1.29, 1.82) is 0 Å². The van der Waals surface area contributed by atoms with Crippen molar-refractivity contribution in [3.63, 3.8) is 0 Å². The number of pyridine rings is 1. The number of fused-ring (bicyclic) bond motifs is 9. The van der Waals surface area contributed by atoms with E-state index in [1.54, 1.807) is 0 Å². The molecular formula is C58H45N3. The third-order valence-corrected chi connectivity index (χ3v) is 13.3. The average molecular weight is 784 g/mol. The first-order valence-corrected chi connectivity index (χ1v) is 21.8. The van der Waals surface area contributed by atoms with Crippen LogP contribution in [-0.2, 0) is 18.3 Å². The van der Waals surface area contributed by atoms with Crippen molar-refractivity contribution in [2.24, 2.45) is 5.92 Å². The molecule has 3 aromatic heterocycles. The number of aromatic nitrogens is 3. The molecule has 12 rings (SSSR count). The van der Waals surface area contributed by atoms with E-state index in [1.165, 1.54) is 77.3 Å². The van der Waals surface area contributed by atoms with Crippen molar-refractivity contribution in [2.45, 2.75) is 38.5 Å². The van der Waals surface area contributed by atoms with Gasteiger partial charge < -0.3 is 9.13 Å². The summed E-state index contributed by atoms with van der Waals surface area (Å²) in [5.74, 6) is 0.586. The van der Waals surface area contributed by atoms with Gasteiger partial charge in [-0.2, -0.15) is 0 Å². The van der Waals surface area contributed by atoms with Crippen molar-refractivity contribution in [1.82, 2.24) is 14.1 Å². The second-order valence-corrected chi connectivity index (χ2v) is 17.4. The van der Waals surface area contributed by atoms with Crippen LogP contribution in [-0.4, -0.2) is 14.1 Å². The minimum atomic E-state index is -0.554. The number of hydrogen-bond acceptors (Lipinski definition) is 1. The molecule has 61 heavy (non-hydrogen) atoms. The summed E-state index contributed by atoms with van der Waals surface area (Å²) < 4.78 is 4.98. The zero-order chi connectivity index (χ0) is 40.7. The zero-order valence-electron chi connectivity index (χ0n) is 34.5. The third-order valence-electron chi connectivity index (χ3n) is 13.3. The van der Waals surface area contributed by atoms with E-state index in [-0.39, 0.29) is 0 Å². The monoisotopic (exact) mass is 783 g/mol. The highest BCUT2D eigenvalue weighted by Crippen LogP contribution is 2.56. The van der Waals surface area contributed by atoms with Gasteiger partial charge in [0.1, 0.15) is 0 Å². The molecule has 0 spiro atoms. The Hall–Kier alpha value is -7.23. The summed E-state index contributed by atoms with van der Waals surface area (Å²) >= 11 is 0. The highest BCUT2D eigenvalue weighted by molar-refractivity contribution is 6.09. The topological polar surface area (TPSA) is 22.8 Å². The molecule has 7 aromatic carbocycles. The number of hydrogen-bond donors (Lipinski definition) is 0. The summed E-state index contributed by atoms with van der Waals surface area (Å²) in [5, 5.41) is 3.80. The lowest BCUT2D eigenvalue weighted by molar-refractivity contribution is 0.646.